The molecule has 0 rings (SSSR count). The first-order valence-corrected chi connectivity index (χ1v) is 4.72. The Morgan fingerprint density at radius 2 is 2.07 bits per heavy atom. The number of primary amides is 1. The molecule has 0 aromatic rings. The van der Waals surface area contributed by atoms with Crippen molar-refractivity contribution in [1.29, 1.82) is 0 Å². The zero-order valence-electron chi connectivity index (χ0n) is 9.04. The largest absolute Gasteiger partial charge is 0.368 e. The van der Waals surface area contributed by atoms with Crippen molar-refractivity contribution < 1.29 is 9.59 Å². The molecule has 2 amide bonds. The highest BCUT2D eigenvalue weighted by atomic mass is 16.2. The van der Waals surface area contributed by atoms with Crippen molar-refractivity contribution >= 4 is 11.8 Å². The second kappa shape index (κ2) is 6.85. The van der Waals surface area contributed by atoms with Gasteiger partial charge in [-0.05, 0) is 5.92 Å². The van der Waals surface area contributed by atoms with E-state index in [9.17, 15) is 9.59 Å². The Labute approximate surface area is 89.8 Å². The highest BCUT2D eigenvalue weighted by molar-refractivity contribution is 5.87. The average Bonchev–Trinajstić information content (AvgIpc) is 2.13. The number of nitrogens with one attached hydrogen (secondary N) is 2. The quantitative estimate of drug-likeness (QED) is 0.382. The molecule has 0 aliphatic carbocycles. The van der Waals surface area contributed by atoms with E-state index in [1.54, 1.807) is 0 Å². The number of amides is 2. The van der Waals surface area contributed by atoms with Gasteiger partial charge in [0.15, 0.2) is 0 Å². The lowest BCUT2D eigenvalue weighted by Crippen LogP contribution is -2.50. The van der Waals surface area contributed by atoms with Crippen LogP contribution in [0.1, 0.15) is 13.8 Å². The lowest BCUT2D eigenvalue weighted by molar-refractivity contribution is -0.127. The Balaban J connectivity index is 4.02. The van der Waals surface area contributed by atoms with Crippen LogP contribution in [0.3, 0.4) is 0 Å². The number of rotatable bonds is 6. The molecule has 0 spiro atoms. The molecule has 84 valence electrons. The molecular weight excluding hydrogens is 194 g/mol. The van der Waals surface area contributed by atoms with Crippen LogP contribution in [0.2, 0.25) is 0 Å². The Morgan fingerprint density at radius 1 is 1.47 bits per heavy atom. The van der Waals surface area contributed by atoms with Crippen molar-refractivity contribution in [1.82, 2.24) is 10.6 Å². The van der Waals surface area contributed by atoms with Crippen molar-refractivity contribution in [2.75, 3.05) is 13.1 Å². The van der Waals surface area contributed by atoms with Gasteiger partial charge in [0.25, 0.3) is 0 Å². The maximum absolute atomic E-state index is 11.3. The molecule has 15 heavy (non-hydrogen) atoms. The van der Waals surface area contributed by atoms with Gasteiger partial charge in [-0.1, -0.05) is 19.8 Å². The summed E-state index contributed by atoms with van der Waals surface area (Å²) in [4.78, 5) is 22.2. The fourth-order valence-electron chi connectivity index (χ4n) is 1.04. The predicted molar refractivity (Wildman–Crippen MR) is 57.7 cm³/mol. The van der Waals surface area contributed by atoms with Gasteiger partial charge in [-0.15, -0.1) is 6.42 Å². The Kier molecular flexibility index (Phi) is 6.14. The summed E-state index contributed by atoms with van der Waals surface area (Å²) in [5.74, 6) is 1.49. The summed E-state index contributed by atoms with van der Waals surface area (Å²) in [5, 5.41) is 5.25. The van der Waals surface area contributed by atoms with Crippen molar-refractivity contribution in [3.63, 3.8) is 0 Å². The molecule has 0 saturated heterocycles. The first-order chi connectivity index (χ1) is 6.99. The summed E-state index contributed by atoms with van der Waals surface area (Å²) in [6.07, 6.45) is 4.99. The van der Waals surface area contributed by atoms with E-state index in [2.05, 4.69) is 16.6 Å². The third kappa shape index (κ3) is 5.70. The molecule has 5 heteroatoms. The van der Waals surface area contributed by atoms with Gasteiger partial charge in [0.1, 0.15) is 6.04 Å². The third-order valence-corrected chi connectivity index (χ3v) is 1.80. The zero-order chi connectivity index (χ0) is 11.8. The molecule has 0 heterocycles. The average molecular weight is 211 g/mol. The second-order valence-corrected chi connectivity index (χ2v) is 3.50. The minimum atomic E-state index is -0.634. The van der Waals surface area contributed by atoms with E-state index in [0.29, 0.717) is 6.54 Å². The Morgan fingerprint density at radius 3 is 2.47 bits per heavy atom. The van der Waals surface area contributed by atoms with Crippen LogP contribution in [0.4, 0.5) is 0 Å². The van der Waals surface area contributed by atoms with Crippen LogP contribution in [-0.4, -0.2) is 30.9 Å². The molecule has 5 nitrogen and oxygen atoms in total. The van der Waals surface area contributed by atoms with Gasteiger partial charge in [0, 0.05) is 0 Å². The molecule has 1 unspecified atom stereocenters. The fourth-order valence-corrected chi connectivity index (χ4v) is 1.04. The van der Waals surface area contributed by atoms with Gasteiger partial charge in [0.05, 0.1) is 13.1 Å². The van der Waals surface area contributed by atoms with Gasteiger partial charge >= 0.3 is 0 Å². The maximum atomic E-state index is 11.3. The van der Waals surface area contributed by atoms with Crippen molar-refractivity contribution in [2.24, 2.45) is 11.7 Å². The number of terminal acetylenes is 1. The maximum Gasteiger partial charge on any atom is 0.240 e. The van der Waals surface area contributed by atoms with Crippen LogP contribution >= 0.6 is 0 Å². The minimum absolute atomic E-state index is 0.0286. The van der Waals surface area contributed by atoms with E-state index in [1.165, 1.54) is 0 Å². The van der Waals surface area contributed by atoms with E-state index in [1.807, 2.05) is 13.8 Å². The number of nitrogens with two attached hydrogens (primary N) is 1. The van der Waals surface area contributed by atoms with Gasteiger partial charge in [-0.3, -0.25) is 14.9 Å². The Hall–Kier alpha value is -1.54. The molecular formula is C10H17N3O2. The molecule has 0 bridgehead atoms. The minimum Gasteiger partial charge on any atom is -0.368 e. The van der Waals surface area contributed by atoms with Crippen LogP contribution in [0, 0.1) is 18.3 Å². The van der Waals surface area contributed by atoms with E-state index in [-0.39, 0.29) is 18.4 Å². The molecule has 0 aromatic heterocycles. The van der Waals surface area contributed by atoms with Crippen LogP contribution in [0.15, 0.2) is 0 Å². The highest BCUT2D eigenvalue weighted by Crippen LogP contribution is 1.99. The van der Waals surface area contributed by atoms with Crippen molar-refractivity contribution in [3.05, 3.63) is 0 Å². The Bertz CT molecular complexity index is 268. The topological polar surface area (TPSA) is 84.2 Å². The summed E-state index contributed by atoms with van der Waals surface area (Å²) in [7, 11) is 0. The van der Waals surface area contributed by atoms with Gasteiger partial charge in [-0.2, -0.15) is 0 Å². The predicted octanol–water partition coefficient (Wildman–Crippen LogP) is -1.16. The molecule has 0 aromatic carbocycles. The molecule has 0 fully saturated rings. The lowest BCUT2D eigenvalue weighted by Gasteiger charge is -2.18. The first-order valence-electron chi connectivity index (χ1n) is 4.72. The van der Waals surface area contributed by atoms with E-state index < -0.39 is 11.9 Å². The number of hydrogen-bond donors (Lipinski definition) is 3. The molecule has 0 radical (unpaired) electrons. The van der Waals surface area contributed by atoms with Crippen molar-refractivity contribution in [2.45, 2.75) is 19.9 Å². The summed E-state index contributed by atoms with van der Waals surface area (Å²) in [6, 6.07) is -0.634. The molecule has 0 saturated carbocycles. The summed E-state index contributed by atoms with van der Waals surface area (Å²) >= 11 is 0. The van der Waals surface area contributed by atoms with Crippen molar-refractivity contribution in [3.8, 4) is 12.3 Å². The summed E-state index contributed by atoms with van der Waals surface area (Å²) in [5.41, 5.74) is 5.13. The number of carbonyl (C=O) groups is 2. The molecule has 0 aliphatic heterocycles. The van der Waals surface area contributed by atoms with Crippen LogP contribution < -0.4 is 16.4 Å². The highest BCUT2D eigenvalue weighted by Gasteiger charge is 2.20. The molecule has 1 atom stereocenters. The normalized spacial score (nSPS) is 11.9. The van der Waals surface area contributed by atoms with Crippen LogP contribution in [0.25, 0.3) is 0 Å². The summed E-state index contributed by atoms with van der Waals surface area (Å²) in [6.45, 7) is 4.02. The van der Waals surface area contributed by atoms with Gasteiger partial charge in [-0.25, -0.2) is 0 Å². The number of hydrogen-bond acceptors (Lipinski definition) is 3. The van der Waals surface area contributed by atoms with Gasteiger partial charge in [0.2, 0.25) is 11.8 Å². The lowest BCUT2D eigenvalue weighted by atomic mass is 10.0. The fraction of sp³-hybridized carbons (Fsp3) is 0.600. The van der Waals surface area contributed by atoms with Crippen LogP contribution in [-0.2, 0) is 9.59 Å². The van der Waals surface area contributed by atoms with E-state index >= 15 is 0 Å². The van der Waals surface area contributed by atoms with Gasteiger partial charge < -0.3 is 11.1 Å². The third-order valence-electron chi connectivity index (χ3n) is 1.80. The summed E-state index contributed by atoms with van der Waals surface area (Å²) < 4.78 is 0. The van der Waals surface area contributed by atoms with E-state index in [4.69, 9.17) is 12.2 Å². The standard InChI is InChI=1S/C10H17N3O2/c1-4-5-12-6-8(14)13-9(7(2)3)10(11)15/h1,7,9,12H,5-6H2,2-3H3,(H2,11,15)(H,13,14). The molecule has 4 N–H and O–H groups in total. The zero-order valence-corrected chi connectivity index (χ0v) is 9.04. The molecule has 0 aliphatic rings. The van der Waals surface area contributed by atoms with E-state index in [0.717, 1.165) is 0 Å². The first kappa shape index (κ1) is 13.5. The smallest absolute Gasteiger partial charge is 0.240 e. The monoisotopic (exact) mass is 211 g/mol. The van der Waals surface area contributed by atoms with Crippen LogP contribution in [0.5, 0.6) is 0 Å². The second-order valence-electron chi connectivity index (χ2n) is 3.50. The SMILES string of the molecule is C#CCNCC(=O)NC(C(N)=O)C(C)C. The number of carbonyl (C=O) groups excluding carboxylic acids is 2.